The average molecular weight is 412 g/mol. The van der Waals surface area contributed by atoms with E-state index in [9.17, 15) is 9.59 Å². The highest BCUT2D eigenvalue weighted by atomic mass is 16.2. The molecule has 4 rings (SSSR count). The first-order valence-electron chi connectivity index (χ1n) is 10.6. The van der Waals surface area contributed by atoms with Crippen LogP contribution in [-0.2, 0) is 11.3 Å². The van der Waals surface area contributed by atoms with E-state index < -0.39 is 0 Å². The van der Waals surface area contributed by atoms with Crippen molar-refractivity contribution in [3.8, 4) is 0 Å². The monoisotopic (exact) mass is 411 g/mol. The molecule has 9 heteroatoms. The Morgan fingerprint density at radius 2 is 2.10 bits per heavy atom. The Balaban J connectivity index is 1.43. The highest BCUT2D eigenvalue weighted by Gasteiger charge is 2.38. The van der Waals surface area contributed by atoms with Gasteiger partial charge in [0.1, 0.15) is 0 Å². The SMILES string of the molecule is CN(C)c1ncc(C(=O)NCCCn2cccn2)c(C2CCN(C(=O)C3CC3)C2)n1. The predicted molar refractivity (Wildman–Crippen MR) is 112 cm³/mol. The quantitative estimate of drug-likeness (QED) is 0.658. The number of carbonyl (C=O) groups excluding carboxylic acids is 2. The summed E-state index contributed by atoms with van der Waals surface area (Å²) in [6.45, 7) is 2.65. The molecule has 1 saturated heterocycles. The molecule has 1 atom stereocenters. The maximum atomic E-state index is 12.9. The van der Waals surface area contributed by atoms with Gasteiger partial charge in [-0.1, -0.05) is 0 Å². The van der Waals surface area contributed by atoms with Gasteiger partial charge in [-0.2, -0.15) is 5.10 Å². The lowest BCUT2D eigenvalue weighted by atomic mass is 9.99. The molecule has 3 heterocycles. The zero-order valence-corrected chi connectivity index (χ0v) is 17.6. The highest BCUT2D eigenvalue weighted by molar-refractivity contribution is 5.95. The third-order valence-corrected chi connectivity index (χ3v) is 5.67. The summed E-state index contributed by atoms with van der Waals surface area (Å²) in [5.41, 5.74) is 1.25. The molecule has 30 heavy (non-hydrogen) atoms. The number of nitrogens with one attached hydrogen (secondary N) is 1. The number of anilines is 1. The van der Waals surface area contributed by atoms with Crippen LogP contribution in [-0.4, -0.2) is 70.2 Å². The maximum Gasteiger partial charge on any atom is 0.254 e. The molecule has 1 unspecified atom stereocenters. The van der Waals surface area contributed by atoms with Crippen LogP contribution < -0.4 is 10.2 Å². The van der Waals surface area contributed by atoms with Crippen molar-refractivity contribution in [1.82, 2.24) is 30.0 Å². The Bertz CT molecular complexity index is 893. The van der Waals surface area contributed by atoms with Crippen molar-refractivity contribution >= 4 is 17.8 Å². The minimum Gasteiger partial charge on any atom is -0.352 e. The van der Waals surface area contributed by atoms with E-state index in [4.69, 9.17) is 4.98 Å². The normalized spacial score (nSPS) is 18.5. The van der Waals surface area contributed by atoms with E-state index in [1.807, 2.05) is 40.8 Å². The van der Waals surface area contributed by atoms with Gasteiger partial charge in [-0.15, -0.1) is 0 Å². The Hall–Kier alpha value is -2.97. The Morgan fingerprint density at radius 1 is 1.27 bits per heavy atom. The number of aryl methyl sites for hydroxylation is 1. The Kier molecular flexibility index (Phi) is 5.96. The van der Waals surface area contributed by atoms with E-state index in [-0.39, 0.29) is 23.7 Å². The molecule has 0 bridgehead atoms. The van der Waals surface area contributed by atoms with Crippen molar-refractivity contribution in [3.63, 3.8) is 0 Å². The zero-order chi connectivity index (χ0) is 21.1. The number of amides is 2. The van der Waals surface area contributed by atoms with Gasteiger partial charge in [-0.05, 0) is 31.7 Å². The highest BCUT2D eigenvalue weighted by Crippen LogP contribution is 2.35. The van der Waals surface area contributed by atoms with Gasteiger partial charge in [-0.25, -0.2) is 9.97 Å². The molecule has 1 saturated carbocycles. The first kappa shape index (κ1) is 20.3. The lowest BCUT2D eigenvalue weighted by Crippen LogP contribution is -2.31. The second-order valence-electron chi connectivity index (χ2n) is 8.29. The number of rotatable bonds is 8. The van der Waals surface area contributed by atoms with Crippen LogP contribution in [0.1, 0.15) is 47.7 Å². The van der Waals surface area contributed by atoms with Crippen molar-refractivity contribution in [2.45, 2.75) is 38.1 Å². The third kappa shape index (κ3) is 4.60. The topological polar surface area (TPSA) is 96.3 Å². The lowest BCUT2D eigenvalue weighted by molar-refractivity contribution is -0.131. The molecule has 2 aromatic rings. The number of nitrogens with zero attached hydrogens (tertiary/aromatic N) is 6. The summed E-state index contributed by atoms with van der Waals surface area (Å²) >= 11 is 0. The number of hydrogen-bond acceptors (Lipinski definition) is 6. The van der Waals surface area contributed by atoms with Crippen molar-refractivity contribution in [2.75, 3.05) is 38.6 Å². The first-order valence-corrected chi connectivity index (χ1v) is 10.6. The van der Waals surface area contributed by atoms with Gasteiger partial charge in [0.2, 0.25) is 11.9 Å². The summed E-state index contributed by atoms with van der Waals surface area (Å²) in [7, 11) is 3.76. The van der Waals surface area contributed by atoms with E-state index in [0.29, 0.717) is 24.6 Å². The van der Waals surface area contributed by atoms with Gasteiger partial charge >= 0.3 is 0 Å². The molecule has 2 fully saturated rings. The van der Waals surface area contributed by atoms with Gasteiger partial charge < -0.3 is 15.1 Å². The van der Waals surface area contributed by atoms with E-state index in [0.717, 1.165) is 44.5 Å². The molecular formula is C21H29N7O2. The van der Waals surface area contributed by atoms with E-state index >= 15 is 0 Å². The summed E-state index contributed by atoms with van der Waals surface area (Å²) in [5, 5.41) is 7.15. The second-order valence-corrected chi connectivity index (χ2v) is 8.29. The van der Waals surface area contributed by atoms with Crippen molar-refractivity contribution in [2.24, 2.45) is 5.92 Å². The third-order valence-electron chi connectivity index (χ3n) is 5.67. The van der Waals surface area contributed by atoms with Crippen LogP contribution >= 0.6 is 0 Å². The van der Waals surface area contributed by atoms with Crippen LogP contribution in [0, 0.1) is 5.92 Å². The van der Waals surface area contributed by atoms with E-state index in [1.54, 1.807) is 12.4 Å². The van der Waals surface area contributed by atoms with Crippen LogP contribution in [0.25, 0.3) is 0 Å². The summed E-state index contributed by atoms with van der Waals surface area (Å²) in [6, 6.07) is 1.88. The lowest BCUT2D eigenvalue weighted by Gasteiger charge is -2.19. The molecular weight excluding hydrogens is 382 g/mol. The van der Waals surface area contributed by atoms with Crippen LogP contribution in [0.2, 0.25) is 0 Å². The fraction of sp³-hybridized carbons (Fsp3) is 0.571. The minimum atomic E-state index is -0.164. The van der Waals surface area contributed by atoms with Crippen LogP contribution in [0.3, 0.4) is 0 Å². The predicted octanol–water partition coefficient (Wildman–Crippen LogP) is 1.29. The molecule has 0 spiro atoms. The van der Waals surface area contributed by atoms with Gasteiger partial charge in [0.15, 0.2) is 0 Å². The number of likely N-dealkylation sites (tertiary alicyclic amines) is 1. The number of carbonyl (C=O) groups is 2. The molecule has 1 N–H and O–H groups in total. The molecule has 160 valence electrons. The summed E-state index contributed by atoms with van der Waals surface area (Å²) in [4.78, 5) is 38.2. The van der Waals surface area contributed by atoms with Crippen LogP contribution in [0.15, 0.2) is 24.7 Å². The van der Waals surface area contributed by atoms with Crippen LogP contribution in [0.5, 0.6) is 0 Å². The molecule has 2 amide bonds. The molecule has 0 radical (unpaired) electrons. The minimum absolute atomic E-state index is 0.0548. The molecule has 9 nitrogen and oxygen atoms in total. The Labute approximate surface area is 176 Å². The molecule has 2 aromatic heterocycles. The van der Waals surface area contributed by atoms with Crippen molar-refractivity contribution < 1.29 is 9.59 Å². The van der Waals surface area contributed by atoms with Crippen LogP contribution in [0.4, 0.5) is 5.95 Å². The van der Waals surface area contributed by atoms with Gasteiger partial charge in [-0.3, -0.25) is 14.3 Å². The standard InChI is InChI=1S/C21H29N7O2/c1-26(2)21-23-13-17(19(29)22-8-3-10-28-11-4-9-24-28)18(25-21)16-7-12-27(14-16)20(30)15-5-6-15/h4,9,11,13,15-16H,3,5-8,10,12,14H2,1-2H3,(H,22,29). The Morgan fingerprint density at radius 3 is 2.80 bits per heavy atom. The van der Waals surface area contributed by atoms with E-state index in [2.05, 4.69) is 15.4 Å². The summed E-state index contributed by atoms with van der Waals surface area (Å²) < 4.78 is 1.84. The van der Waals surface area contributed by atoms with Crippen molar-refractivity contribution in [1.29, 1.82) is 0 Å². The molecule has 2 aliphatic rings. The second kappa shape index (κ2) is 8.81. The summed E-state index contributed by atoms with van der Waals surface area (Å²) in [6.07, 6.45) is 8.88. The molecule has 1 aliphatic heterocycles. The zero-order valence-electron chi connectivity index (χ0n) is 17.6. The van der Waals surface area contributed by atoms with Gasteiger partial charge in [0.25, 0.3) is 5.91 Å². The number of aromatic nitrogens is 4. The smallest absolute Gasteiger partial charge is 0.254 e. The largest absolute Gasteiger partial charge is 0.352 e. The fourth-order valence-electron chi connectivity index (χ4n) is 3.83. The molecule has 0 aromatic carbocycles. The maximum absolute atomic E-state index is 12.9. The van der Waals surface area contributed by atoms with Crippen molar-refractivity contribution in [3.05, 3.63) is 35.9 Å². The molecule has 1 aliphatic carbocycles. The first-order chi connectivity index (χ1) is 14.5. The van der Waals surface area contributed by atoms with Gasteiger partial charge in [0, 0.05) is 70.7 Å². The van der Waals surface area contributed by atoms with E-state index in [1.165, 1.54) is 0 Å². The average Bonchev–Trinajstić information content (AvgIpc) is 3.25. The number of hydrogen-bond donors (Lipinski definition) is 1. The fourth-order valence-corrected chi connectivity index (χ4v) is 3.83. The van der Waals surface area contributed by atoms with Gasteiger partial charge in [0.05, 0.1) is 11.3 Å². The summed E-state index contributed by atoms with van der Waals surface area (Å²) in [5.74, 6) is 0.933.